The van der Waals surface area contributed by atoms with E-state index in [1.807, 2.05) is 23.6 Å². The SMILES string of the molecule is CC(C)N(Cc1cccs1)c1cccc(Br)c1C(=O)O. The first-order valence-corrected chi connectivity index (χ1v) is 7.98. The number of hydrogen-bond acceptors (Lipinski definition) is 3. The van der Waals surface area contributed by atoms with E-state index >= 15 is 0 Å². The molecule has 0 radical (unpaired) electrons. The predicted octanol–water partition coefficient (Wildman–Crippen LogP) is 4.62. The molecule has 2 rings (SSSR count). The van der Waals surface area contributed by atoms with Gasteiger partial charge in [-0.2, -0.15) is 0 Å². The van der Waals surface area contributed by atoms with Crippen LogP contribution in [0.5, 0.6) is 0 Å². The number of benzene rings is 1. The van der Waals surface area contributed by atoms with Crippen molar-refractivity contribution in [1.82, 2.24) is 0 Å². The van der Waals surface area contributed by atoms with Crippen LogP contribution in [0.1, 0.15) is 29.1 Å². The number of hydrogen-bond donors (Lipinski definition) is 1. The Morgan fingerprint density at radius 1 is 1.35 bits per heavy atom. The quantitative estimate of drug-likeness (QED) is 0.852. The second kappa shape index (κ2) is 6.41. The molecule has 0 saturated carbocycles. The molecule has 0 amide bonds. The number of thiophene rings is 1. The minimum atomic E-state index is -0.913. The summed E-state index contributed by atoms with van der Waals surface area (Å²) in [7, 11) is 0. The Hall–Kier alpha value is -1.33. The second-order valence-corrected chi connectivity index (χ2v) is 6.63. The van der Waals surface area contributed by atoms with Crippen molar-refractivity contribution in [1.29, 1.82) is 0 Å². The van der Waals surface area contributed by atoms with Gasteiger partial charge >= 0.3 is 5.97 Å². The van der Waals surface area contributed by atoms with Gasteiger partial charge in [-0.3, -0.25) is 0 Å². The smallest absolute Gasteiger partial charge is 0.338 e. The molecule has 0 atom stereocenters. The highest BCUT2D eigenvalue weighted by molar-refractivity contribution is 9.10. The number of aromatic carboxylic acids is 1. The summed E-state index contributed by atoms with van der Waals surface area (Å²) in [5, 5.41) is 11.5. The topological polar surface area (TPSA) is 40.5 Å². The highest BCUT2D eigenvalue weighted by Gasteiger charge is 2.21. The maximum atomic E-state index is 11.5. The largest absolute Gasteiger partial charge is 0.478 e. The lowest BCUT2D eigenvalue weighted by atomic mass is 10.1. The number of nitrogens with zero attached hydrogens (tertiary/aromatic N) is 1. The van der Waals surface area contributed by atoms with Gasteiger partial charge in [-0.25, -0.2) is 4.79 Å². The minimum Gasteiger partial charge on any atom is -0.478 e. The number of carboxylic acid groups (broad SMARTS) is 1. The molecule has 0 unspecified atom stereocenters. The van der Waals surface area contributed by atoms with Crippen molar-refractivity contribution in [2.45, 2.75) is 26.4 Å². The molecule has 1 heterocycles. The number of rotatable bonds is 5. The third-order valence-corrected chi connectivity index (χ3v) is 4.57. The molecule has 0 aliphatic carbocycles. The van der Waals surface area contributed by atoms with Gasteiger partial charge < -0.3 is 10.0 Å². The summed E-state index contributed by atoms with van der Waals surface area (Å²) < 4.78 is 0.610. The van der Waals surface area contributed by atoms with E-state index in [9.17, 15) is 9.90 Å². The number of carboxylic acids is 1. The van der Waals surface area contributed by atoms with E-state index in [1.165, 1.54) is 4.88 Å². The number of anilines is 1. The van der Waals surface area contributed by atoms with Crippen molar-refractivity contribution in [2.24, 2.45) is 0 Å². The molecule has 1 aromatic heterocycles. The Labute approximate surface area is 131 Å². The van der Waals surface area contributed by atoms with Gasteiger partial charge in [0.2, 0.25) is 0 Å². The van der Waals surface area contributed by atoms with Crippen LogP contribution in [0.25, 0.3) is 0 Å². The van der Waals surface area contributed by atoms with Crippen molar-refractivity contribution in [3.05, 3.63) is 50.6 Å². The van der Waals surface area contributed by atoms with Gasteiger partial charge in [-0.15, -0.1) is 11.3 Å². The third kappa shape index (κ3) is 3.22. The van der Waals surface area contributed by atoms with Crippen molar-refractivity contribution < 1.29 is 9.90 Å². The van der Waals surface area contributed by atoms with Gasteiger partial charge in [0, 0.05) is 15.4 Å². The Kier molecular flexibility index (Phi) is 4.83. The van der Waals surface area contributed by atoms with E-state index in [-0.39, 0.29) is 6.04 Å². The molecule has 0 bridgehead atoms. The van der Waals surface area contributed by atoms with E-state index in [0.717, 1.165) is 5.69 Å². The van der Waals surface area contributed by atoms with Crippen LogP contribution >= 0.6 is 27.3 Å². The van der Waals surface area contributed by atoms with E-state index in [0.29, 0.717) is 16.6 Å². The molecule has 1 aromatic carbocycles. The van der Waals surface area contributed by atoms with E-state index in [4.69, 9.17) is 0 Å². The first-order valence-electron chi connectivity index (χ1n) is 6.31. The van der Waals surface area contributed by atoms with Gasteiger partial charge in [0.25, 0.3) is 0 Å². The molecule has 20 heavy (non-hydrogen) atoms. The molecular formula is C15H16BrNO2S. The Bertz CT molecular complexity index is 596. The third-order valence-electron chi connectivity index (χ3n) is 3.04. The molecule has 0 aliphatic heterocycles. The lowest BCUT2D eigenvalue weighted by Gasteiger charge is -2.30. The van der Waals surface area contributed by atoms with Crippen molar-refractivity contribution in [3.63, 3.8) is 0 Å². The van der Waals surface area contributed by atoms with Crippen molar-refractivity contribution in [2.75, 3.05) is 4.90 Å². The molecule has 1 N–H and O–H groups in total. The first kappa shape index (κ1) is 15.1. The summed E-state index contributed by atoms with van der Waals surface area (Å²) in [5.74, 6) is -0.913. The predicted molar refractivity (Wildman–Crippen MR) is 86.7 cm³/mol. The van der Waals surface area contributed by atoms with Crippen molar-refractivity contribution in [3.8, 4) is 0 Å². The van der Waals surface area contributed by atoms with Crippen LogP contribution in [0, 0.1) is 0 Å². The lowest BCUT2D eigenvalue weighted by Crippen LogP contribution is -2.31. The van der Waals surface area contributed by atoms with Crippen LogP contribution in [0.2, 0.25) is 0 Å². The monoisotopic (exact) mass is 353 g/mol. The second-order valence-electron chi connectivity index (χ2n) is 4.74. The average Bonchev–Trinajstić information content (AvgIpc) is 2.87. The summed E-state index contributed by atoms with van der Waals surface area (Å²) in [5.41, 5.74) is 1.06. The van der Waals surface area contributed by atoms with Gasteiger partial charge in [0.15, 0.2) is 0 Å². The van der Waals surface area contributed by atoms with Crippen LogP contribution in [-0.4, -0.2) is 17.1 Å². The molecule has 106 valence electrons. The molecule has 5 heteroatoms. The van der Waals surface area contributed by atoms with Gasteiger partial charge in [-0.05, 0) is 53.4 Å². The first-order chi connectivity index (χ1) is 9.50. The van der Waals surface area contributed by atoms with Crippen LogP contribution in [0.4, 0.5) is 5.69 Å². The summed E-state index contributed by atoms with van der Waals surface area (Å²) in [4.78, 5) is 14.8. The molecule has 0 fully saturated rings. The van der Waals surface area contributed by atoms with E-state index in [2.05, 4.69) is 40.7 Å². The summed E-state index contributed by atoms with van der Waals surface area (Å²) in [6, 6.07) is 9.79. The van der Waals surface area contributed by atoms with E-state index < -0.39 is 5.97 Å². The van der Waals surface area contributed by atoms with Gasteiger partial charge in [0.1, 0.15) is 0 Å². The zero-order valence-electron chi connectivity index (χ0n) is 11.3. The molecular weight excluding hydrogens is 338 g/mol. The summed E-state index contributed by atoms with van der Waals surface area (Å²) >= 11 is 5.02. The van der Waals surface area contributed by atoms with E-state index in [1.54, 1.807) is 17.4 Å². The molecule has 0 spiro atoms. The van der Waals surface area contributed by atoms with Crippen LogP contribution in [-0.2, 0) is 6.54 Å². The Morgan fingerprint density at radius 3 is 2.65 bits per heavy atom. The lowest BCUT2D eigenvalue weighted by molar-refractivity contribution is 0.0696. The average molecular weight is 354 g/mol. The Balaban J connectivity index is 2.44. The molecule has 3 nitrogen and oxygen atoms in total. The van der Waals surface area contributed by atoms with Crippen LogP contribution in [0.3, 0.4) is 0 Å². The highest BCUT2D eigenvalue weighted by Crippen LogP contribution is 2.31. The highest BCUT2D eigenvalue weighted by atomic mass is 79.9. The fraction of sp³-hybridized carbons (Fsp3) is 0.267. The molecule has 0 aliphatic rings. The molecule has 0 saturated heterocycles. The van der Waals surface area contributed by atoms with Gasteiger partial charge in [0.05, 0.1) is 17.8 Å². The molecule has 2 aromatic rings. The van der Waals surface area contributed by atoms with Crippen LogP contribution < -0.4 is 4.90 Å². The summed E-state index contributed by atoms with van der Waals surface area (Å²) in [6.07, 6.45) is 0. The zero-order valence-corrected chi connectivity index (χ0v) is 13.7. The maximum Gasteiger partial charge on any atom is 0.338 e. The fourth-order valence-corrected chi connectivity index (χ4v) is 3.31. The van der Waals surface area contributed by atoms with Crippen molar-refractivity contribution >= 4 is 38.9 Å². The zero-order chi connectivity index (χ0) is 14.7. The van der Waals surface area contributed by atoms with Crippen LogP contribution in [0.15, 0.2) is 40.2 Å². The normalized spacial score (nSPS) is 10.8. The Morgan fingerprint density at radius 2 is 2.10 bits per heavy atom. The standard InChI is InChI=1S/C15H16BrNO2S/c1-10(2)17(9-11-5-4-8-20-11)13-7-3-6-12(16)14(13)15(18)19/h3-8,10H,9H2,1-2H3,(H,18,19). The van der Waals surface area contributed by atoms with Gasteiger partial charge in [-0.1, -0.05) is 12.1 Å². The maximum absolute atomic E-state index is 11.5. The summed E-state index contributed by atoms with van der Waals surface area (Å²) in [6.45, 7) is 4.85. The fourth-order valence-electron chi connectivity index (χ4n) is 2.08. The minimum absolute atomic E-state index is 0.213. The number of halogens is 1. The number of carbonyl (C=O) groups is 1.